The Morgan fingerprint density at radius 1 is 1.39 bits per heavy atom. The zero-order valence-electron chi connectivity index (χ0n) is 14.0. The van der Waals surface area contributed by atoms with E-state index in [1.54, 1.807) is 6.07 Å². The Morgan fingerprint density at radius 3 is 2.48 bits per heavy atom. The van der Waals surface area contributed by atoms with Crippen LogP contribution in [0.5, 0.6) is 0 Å². The average Bonchev–Trinajstić information content (AvgIpc) is 2.42. The highest BCUT2D eigenvalue weighted by Gasteiger charge is 2.23. The first kappa shape index (κ1) is 19.6. The van der Waals surface area contributed by atoms with Gasteiger partial charge in [0.05, 0.1) is 45.9 Å². The van der Waals surface area contributed by atoms with Gasteiger partial charge < -0.3 is 10.7 Å². The van der Waals surface area contributed by atoms with Gasteiger partial charge in [0.15, 0.2) is 0 Å². The molecule has 0 fully saturated rings. The van der Waals surface area contributed by atoms with Crippen molar-refractivity contribution in [2.75, 3.05) is 11.9 Å². The van der Waals surface area contributed by atoms with Crippen LogP contribution in [0.4, 0.5) is 14.5 Å². The Morgan fingerprint density at radius 2 is 2.00 bits per heavy atom. The number of alkyl halides is 2. The van der Waals surface area contributed by atoms with Gasteiger partial charge in [0.1, 0.15) is 0 Å². The van der Waals surface area contributed by atoms with Gasteiger partial charge in [-0.15, -0.1) is 0 Å². The van der Waals surface area contributed by atoms with Gasteiger partial charge in [0, 0.05) is 18.7 Å². The highest BCUT2D eigenvalue weighted by molar-refractivity contribution is 7.84. The van der Waals surface area contributed by atoms with Crippen molar-refractivity contribution in [3.8, 4) is 0 Å². The van der Waals surface area contributed by atoms with Crippen LogP contribution in [0.1, 0.15) is 51.9 Å². The molecular weight excluding hydrogens is 322 g/mol. The second kappa shape index (κ2) is 7.44. The van der Waals surface area contributed by atoms with E-state index in [0.29, 0.717) is 16.9 Å². The summed E-state index contributed by atoms with van der Waals surface area (Å²) in [6.45, 7) is 7.68. The van der Waals surface area contributed by atoms with Crippen LogP contribution in [0, 0.1) is 5.41 Å². The summed E-state index contributed by atoms with van der Waals surface area (Å²) in [7, 11) is -1.26. The molecule has 0 saturated carbocycles. The SMILES string of the molecule is C[C@@H](N[S@](=O)C(C)(C)C)c1cc(C=N)c(NCC(C)(F)F)cn1. The molecular formula is C15H24F2N4OS. The minimum Gasteiger partial charge on any atom is -0.377 e. The Balaban J connectivity index is 2.90. The minimum absolute atomic E-state index is 0.296. The maximum absolute atomic E-state index is 12.9. The largest absolute Gasteiger partial charge is 0.377 e. The minimum atomic E-state index is -2.85. The maximum atomic E-state index is 12.9. The van der Waals surface area contributed by atoms with Crippen LogP contribution in [0.2, 0.25) is 0 Å². The molecule has 130 valence electrons. The molecule has 8 heteroatoms. The molecule has 1 aromatic heterocycles. The lowest BCUT2D eigenvalue weighted by atomic mass is 10.1. The number of nitrogens with zero attached hydrogens (tertiary/aromatic N) is 1. The molecule has 0 aliphatic carbocycles. The lowest BCUT2D eigenvalue weighted by Gasteiger charge is -2.22. The van der Waals surface area contributed by atoms with Crippen LogP contribution in [0.25, 0.3) is 0 Å². The van der Waals surface area contributed by atoms with Crippen LogP contribution >= 0.6 is 0 Å². The summed E-state index contributed by atoms with van der Waals surface area (Å²) < 4.78 is 40.5. The molecule has 0 saturated heterocycles. The van der Waals surface area contributed by atoms with Crippen LogP contribution in [0.15, 0.2) is 12.3 Å². The van der Waals surface area contributed by atoms with Crippen molar-refractivity contribution >= 4 is 22.9 Å². The molecule has 0 radical (unpaired) electrons. The third-order valence-electron chi connectivity index (χ3n) is 2.99. The number of nitrogens with one attached hydrogen (secondary N) is 3. The van der Waals surface area contributed by atoms with Gasteiger partial charge in [-0.1, -0.05) is 0 Å². The zero-order chi connectivity index (χ0) is 17.8. The average molecular weight is 346 g/mol. The van der Waals surface area contributed by atoms with E-state index in [1.165, 1.54) is 6.20 Å². The van der Waals surface area contributed by atoms with E-state index in [2.05, 4.69) is 15.0 Å². The van der Waals surface area contributed by atoms with Crippen molar-refractivity contribution in [3.05, 3.63) is 23.5 Å². The van der Waals surface area contributed by atoms with Crippen molar-refractivity contribution in [2.24, 2.45) is 0 Å². The van der Waals surface area contributed by atoms with Gasteiger partial charge in [0.2, 0.25) is 0 Å². The van der Waals surface area contributed by atoms with Gasteiger partial charge in [0.25, 0.3) is 5.92 Å². The van der Waals surface area contributed by atoms with Crippen molar-refractivity contribution in [1.82, 2.24) is 9.71 Å². The van der Waals surface area contributed by atoms with E-state index in [1.807, 2.05) is 27.7 Å². The highest BCUT2D eigenvalue weighted by Crippen LogP contribution is 2.21. The number of hydrogen-bond donors (Lipinski definition) is 3. The van der Waals surface area contributed by atoms with Crippen molar-refractivity contribution in [3.63, 3.8) is 0 Å². The predicted octanol–water partition coefficient (Wildman–Crippen LogP) is 3.26. The van der Waals surface area contributed by atoms with Crippen LogP contribution in [-0.4, -0.2) is 32.6 Å². The number of pyridine rings is 1. The molecule has 2 atom stereocenters. The monoisotopic (exact) mass is 346 g/mol. The van der Waals surface area contributed by atoms with E-state index >= 15 is 0 Å². The van der Waals surface area contributed by atoms with Crippen molar-refractivity contribution in [1.29, 1.82) is 5.41 Å². The van der Waals surface area contributed by atoms with E-state index in [-0.39, 0.29) is 6.04 Å². The fourth-order valence-electron chi connectivity index (χ4n) is 1.64. The maximum Gasteiger partial charge on any atom is 0.262 e. The first-order valence-corrected chi connectivity index (χ1v) is 8.39. The van der Waals surface area contributed by atoms with Gasteiger partial charge >= 0.3 is 0 Å². The van der Waals surface area contributed by atoms with Crippen LogP contribution in [0.3, 0.4) is 0 Å². The second-order valence-corrected chi connectivity index (χ2v) is 8.48. The first-order valence-electron chi connectivity index (χ1n) is 7.24. The number of aromatic nitrogens is 1. The summed E-state index contributed by atoms with van der Waals surface area (Å²) in [4.78, 5) is 4.22. The molecule has 1 aromatic rings. The summed E-state index contributed by atoms with van der Waals surface area (Å²) in [5.41, 5.74) is 1.42. The van der Waals surface area contributed by atoms with E-state index in [0.717, 1.165) is 13.1 Å². The van der Waals surface area contributed by atoms with Crippen molar-refractivity contribution in [2.45, 2.75) is 51.3 Å². The highest BCUT2D eigenvalue weighted by atomic mass is 32.2. The summed E-state index contributed by atoms with van der Waals surface area (Å²) in [5.74, 6) is -2.85. The Kier molecular flexibility index (Phi) is 6.35. The molecule has 0 amide bonds. The van der Waals surface area contributed by atoms with E-state index < -0.39 is 28.2 Å². The van der Waals surface area contributed by atoms with Gasteiger partial charge in [-0.25, -0.2) is 17.7 Å². The quantitative estimate of drug-likeness (QED) is 0.663. The number of hydrogen-bond acceptors (Lipinski definition) is 4. The molecule has 0 spiro atoms. The fourth-order valence-corrected chi connectivity index (χ4v) is 2.44. The standard InChI is InChI=1S/C15H24F2N4OS/c1-10(21-23(22)14(2,3)4)12-6-11(7-18)13(8-19-12)20-9-15(5,16)17/h6-8,10,18,20-21H,9H2,1-5H3/t10-,23-/m1/s1. The number of anilines is 1. The lowest BCUT2D eigenvalue weighted by Crippen LogP contribution is -2.35. The molecule has 1 heterocycles. The molecule has 0 unspecified atom stereocenters. The summed E-state index contributed by atoms with van der Waals surface area (Å²) in [6, 6.07) is 1.33. The van der Waals surface area contributed by atoms with E-state index in [9.17, 15) is 13.0 Å². The molecule has 0 aromatic carbocycles. The predicted molar refractivity (Wildman–Crippen MR) is 90.7 cm³/mol. The summed E-state index contributed by atoms with van der Waals surface area (Å²) >= 11 is 0. The van der Waals surface area contributed by atoms with Crippen molar-refractivity contribution < 1.29 is 13.0 Å². The number of halogens is 2. The summed E-state index contributed by atoms with van der Waals surface area (Å²) in [5, 5.41) is 10.0. The Bertz CT molecular complexity index is 582. The Labute approximate surface area is 138 Å². The third-order valence-corrected chi connectivity index (χ3v) is 4.67. The van der Waals surface area contributed by atoms with Crippen LogP contribution in [-0.2, 0) is 11.0 Å². The molecule has 1 rings (SSSR count). The molecule has 5 nitrogen and oxygen atoms in total. The van der Waals surface area contributed by atoms with Gasteiger partial charge in [-0.3, -0.25) is 4.98 Å². The number of rotatable bonds is 7. The normalized spacial score (nSPS) is 15.1. The smallest absolute Gasteiger partial charge is 0.262 e. The summed E-state index contributed by atoms with van der Waals surface area (Å²) in [6.07, 6.45) is 2.49. The van der Waals surface area contributed by atoms with Gasteiger partial charge in [-0.2, -0.15) is 0 Å². The first-order chi connectivity index (χ1) is 10.4. The lowest BCUT2D eigenvalue weighted by molar-refractivity contribution is 0.0367. The molecule has 0 bridgehead atoms. The topological polar surface area (TPSA) is 77.9 Å². The Hall–Kier alpha value is -1.41. The molecule has 0 aliphatic heterocycles. The van der Waals surface area contributed by atoms with E-state index in [4.69, 9.17) is 5.41 Å². The third kappa shape index (κ3) is 6.31. The molecule has 0 aliphatic rings. The zero-order valence-corrected chi connectivity index (χ0v) is 14.9. The fraction of sp³-hybridized carbons (Fsp3) is 0.600. The molecule has 23 heavy (non-hydrogen) atoms. The van der Waals surface area contributed by atoms with Gasteiger partial charge in [-0.05, 0) is 33.8 Å². The van der Waals surface area contributed by atoms with Crippen LogP contribution < -0.4 is 10.0 Å². The molecule has 3 N–H and O–H groups in total. The second-order valence-electron chi connectivity index (χ2n) is 6.49.